The van der Waals surface area contributed by atoms with Gasteiger partial charge in [0.2, 0.25) is 5.91 Å². The van der Waals surface area contributed by atoms with Gasteiger partial charge in [-0.15, -0.1) is 0 Å². The molecule has 4 heterocycles. The molecule has 0 spiro atoms. The lowest BCUT2D eigenvalue weighted by Crippen LogP contribution is -2.55. The van der Waals surface area contributed by atoms with E-state index < -0.39 is 6.04 Å². The zero-order chi connectivity index (χ0) is 19.4. The van der Waals surface area contributed by atoms with Crippen molar-refractivity contribution in [3.8, 4) is 6.07 Å². The van der Waals surface area contributed by atoms with Crippen LogP contribution in [0.4, 0.5) is 0 Å². The molecule has 7 nitrogen and oxygen atoms in total. The Labute approximate surface area is 164 Å². The lowest BCUT2D eigenvalue weighted by atomic mass is 9.84. The highest BCUT2D eigenvalue weighted by molar-refractivity contribution is 5.93. The van der Waals surface area contributed by atoms with Gasteiger partial charge in [0.25, 0.3) is 5.91 Å². The van der Waals surface area contributed by atoms with E-state index in [1.807, 2.05) is 11.0 Å². The fourth-order valence-electron chi connectivity index (χ4n) is 5.73. The molecule has 6 atom stereocenters. The molecule has 7 heteroatoms. The molecule has 1 aromatic heterocycles. The Balaban J connectivity index is 1.29. The molecule has 3 aliphatic heterocycles. The van der Waals surface area contributed by atoms with Crippen LogP contribution in [-0.2, 0) is 4.79 Å². The first-order valence-corrected chi connectivity index (χ1v) is 10.3. The molecule has 6 unspecified atom stereocenters. The van der Waals surface area contributed by atoms with Gasteiger partial charge in [-0.05, 0) is 62.5 Å². The van der Waals surface area contributed by atoms with E-state index >= 15 is 0 Å². The number of nitrogens with zero attached hydrogens (tertiary/aromatic N) is 4. The summed E-state index contributed by atoms with van der Waals surface area (Å²) in [6, 6.07) is 7.24. The molecule has 4 fully saturated rings. The van der Waals surface area contributed by atoms with E-state index in [4.69, 9.17) is 5.73 Å². The SMILES string of the molecule is N#CC1CC2CC2N1C(=O)C(N)C1CC2CCC(C1)N2C(=O)c1ccccn1. The number of nitrogens with two attached hydrogens (primary N) is 1. The highest BCUT2D eigenvalue weighted by atomic mass is 16.2. The lowest BCUT2D eigenvalue weighted by molar-refractivity contribution is -0.135. The van der Waals surface area contributed by atoms with Crippen LogP contribution in [0.25, 0.3) is 0 Å². The minimum Gasteiger partial charge on any atom is -0.331 e. The second-order valence-corrected chi connectivity index (χ2v) is 8.76. The fraction of sp³-hybridized carbons (Fsp3) is 0.619. The third-order valence-corrected chi connectivity index (χ3v) is 7.19. The van der Waals surface area contributed by atoms with Crippen molar-refractivity contribution in [3.05, 3.63) is 30.1 Å². The summed E-state index contributed by atoms with van der Waals surface area (Å²) in [5, 5.41) is 9.38. The second kappa shape index (κ2) is 6.56. The molecule has 0 radical (unpaired) electrons. The van der Waals surface area contributed by atoms with Crippen molar-refractivity contribution in [1.82, 2.24) is 14.8 Å². The number of likely N-dealkylation sites (tertiary alicyclic amines) is 1. The molecule has 3 saturated heterocycles. The third-order valence-electron chi connectivity index (χ3n) is 7.19. The summed E-state index contributed by atoms with van der Waals surface area (Å²) in [5.41, 5.74) is 6.92. The Bertz CT molecular complexity index is 823. The number of aromatic nitrogens is 1. The first-order valence-electron chi connectivity index (χ1n) is 10.3. The van der Waals surface area contributed by atoms with Crippen LogP contribution < -0.4 is 5.73 Å². The van der Waals surface area contributed by atoms with Crippen molar-refractivity contribution in [2.24, 2.45) is 17.6 Å². The molecule has 1 aliphatic carbocycles. The molecule has 2 N–H and O–H groups in total. The van der Waals surface area contributed by atoms with E-state index in [1.54, 1.807) is 23.2 Å². The number of amides is 2. The molecule has 0 aromatic carbocycles. The maximum atomic E-state index is 13.1. The summed E-state index contributed by atoms with van der Waals surface area (Å²) >= 11 is 0. The highest BCUT2D eigenvalue weighted by Crippen LogP contribution is 2.48. The van der Waals surface area contributed by atoms with Crippen LogP contribution in [-0.4, -0.2) is 56.8 Å². The van der Waals surface area contributed by atoms with Gasteiger partial charge < -0.3 is 15.5 Å². The Morgan fingerprint density at radius 1 is 1.14 bits per heavy atom. The van der Waals surface area contributed by atoms with Crippen molar-refractivity contribution in [1.29, 1.82) is 5.26 Å². The third kappa shape index (κ3) is 2.70. The van der Waals surface area contributed by atoms with Crippen molar-refractivity contribution < 1.29 is 9.59 Å². The highest BCUT2D eigenvalue weighted by Gasteiger charge is 2.56. The predicted octanol–water partition coefficient (Wildman–Crippen LogP) is 1.31. The van der Waals surface area contributed by atoms with Gasteiger partial charge in [-0.2, -0.15) is 5.26 Å². The van der Waals surface area contributed by atoms with Gasteiger partial charge in [0.05, 0.1) is 12.1 Å². The smallest absolute Gasteiger partial charge is 0.272 e. The maximum absolute atomic E-state index is 13.1. The summed E-state index contributed by atoms with van der Waals surface area (Å²) in [4.78, 5) is 34.0. The molecule has 1 aromatic rings. The van der Waals surface area contributed by atoms with Crippen LogP contribution in [0.1, 0.15) is 49.0 Å². The summed E-state index contributed by atoms with van der Waals surface area (Å²) in [6.07, 6.45) is 6.86. The van der Waals surface area contributed by atoms with Gasteiger partial charge >= 0.3 is 0 Å². The molecule has 5 rings (SSSR count). The second-order valence-electron chi connectivity index (χ2n) is 8.76. The van der Waals surface area contributed by atoms with Crippen molar-refractivity contribution in [2.75, 3.05) is 0 Å². The van der Waals surface area contributed by atoms with E-state index in [-0.39, 0.29) is 41.9 Å². The Kier molecular flexibility index (Phi) is 4.13. The van der Waals surface area contributed by atoms with Crippen LogP contribution in [0, 0.1) is 23.2 Å². The summed E-state index contributed by atoms with van der Waals surface area (Å²) in [5.74, 6) is 0.478. The van der Waals surface area contributed by atoms with Crippen LogP contribution in [0.3, 0.4) is 0 Å². The quantitative estimate of drug-likeness (QED) is 0.853. The number of hydrogen-bond acceptors (Lipinski definition) is 5. The van der Waals surface area contributed by atoms with E-state index in [0.29, 0.717) is 11.6 Å². The molecule has 2 amide bonds. The number of fused-ring (bicyclic) bond motifs is 3. The Hall–Kier alpha value is -2.46. The number of carbonyl (C=O) groups is 2. The number of pyridine rings is 1. The molecule has 28 heavy (non-hydrogen) atoms. The number of hydrogen-bond donors (Lipinski definition) is 1. The van der Waals surface area contributed by atoms with Crippen LogP contribution >= 0.6 is 0 Å². The van der Waals surface area contributed by atoms with Crippen LogP contribution in [0.2, 0.25) is 0 Å². The van der Waals surface area contributed by atoms with E-state index in [2.05, 4.69) is 11.1 Å². The van der Waals surface area contributed by atoms with Crippen molar-refractivity contribution in [2.45, 2.75) is 68.7 Å². The zero-order valence-electron chi connectivity index (χ0n) is 15.8. The number of carbonyl (C=O) groups excluding carboxylic acids is 2. The van der Waals surface area contributed by atoms with E-state index in [1.165, 1.54) is 0 Å². The maximum Gasteiger partial charge on any atom is 0.272 e. The monoisotopic (exact) mass is 379 g/mol. The Morgan fingerprint density at radius 2 is 1.89 bits per heavy atom. The summed E-state index contributed by atoms with van der Waals surface area (Å²) in [7, 11) is 0. The zero-order valence-corrected chi connectivity index (χ0v) is 15.8. The van der Waals surface area contributed by atoms with Crippen molar-refractivity contribution in [3.63, 3.8) is 0 Å². The molecular formula is C21H25N5O2. The number of piperidine rings is 2. The first kappa shape index (κ1) is 17.6. The summed E-state index contributed by atoms with van der Waals surface area (Å²) < 4.78 is 0. The average Bonchev–Trinajstić information content (AvgIpc) is 3.32. The summed E-state index contributed by atoms with van der Waals surface area (Å²) in [6.45, 7) is 0. The van der Waals surface area contributed by atoms with Crippen LogP contribution in [0.15, 0.2) is 24.4 Å². The topological polar surface area (TPSA) is 103 Å². The van der Waals surface area contributed by atoms with Gasteiger partial charge in [-0.1, -0.05) is 6.07 Å². The molecule has 4 aliphatic rings. The normalized spacial score (nSPS) is 36.6. The standard InChI is InChI=1S/C21H25N5O2/c22-11-16-7-12-10-18(12)26(16)21(28)19(23)13-8-14-4-5-15(9-13)25(14)20(27)17-3-1-2-6-24-17/h1-3,6,12-16,18-19H,4-5,7-10,23H2. The largest absolute Gasteiger partial charge is 0.331 e. The average molecular weight is 379 g/mol. The molecule has 146 valence electrons. The first-order chi connectivity index (χ1) is 13.6. The molecule has 2 bridgehead atoms. The molecular weight excluding hydrogens is 354 g/mol. The Morgan fingerprint density at radius 3 is 2.54 bits per heavy atom. The fourth-order valence-corrected chi connectivity index (χ4v) is 5.73. The lowest BCUT2D eigenvalue weighted by Gasteiger charge is -2.41. The minimum absolute atomic E-state index is 0.0173. The number of rotatable bonds is 3. The van der Waals surface area contributed by atoms with Crippen molar-refractivity contribution >= 4 is 11.8 Å². The predicted molar refractivity (Wildman–Crippen MR) is 101 cm³/mol. The van der Waals surface area contributed by atoms with Gasteiger partial charge in [-0.25, -0.2) is 0 Å². The van der Waals surface area contributed by atoms with Gasteiger partial charge in [-0.3, -0.25) is 14.6 Å². The van der Waals surface area contributed by atoms with E-state index in [0.717, 1.165) is 38.5 Å². The van der Waals surface area contributed by atoms with E-state index in [9.17, 15) is 14.9 Å². The molecule has 1 saturated carbocycles. The number of nitriles is 1. The minimum atomic E-state index is -0.578. The van der Waals surface area contributed by atoms with Gasteiger partial charge in [0.15, 0.2) is 0 Å². The van der Waals surface area contributed by atoms with Gasteiger partial charge in [0, 0.05) is 24.3 Å². The van der Waals surface area contributed by atoms with Gasteiger partial charge in [0.1, 0.15) is 11.7 Å². The van der Waals surface area contributed by atoms with Crippen LogP contribution in [0.5, 0.6) is 0 Å².